The van der Waals surface area contributed by atoms with Gasteiger partial charge in [0.15, 0.2) is 12.2 Å². The highest BCUT2D eigenvalue weighted by atomic mass is 35.5. The molecule has 0 spiro atoms. The average Bonchev–Trinajstić information content (AvgIpc) is 2.88. The van der Waals surface area contributed by atoms with E-state index in [1.54, 1.807) is 30.3 Å². The molecule has 41 heavy (non-hydrogen) atoms. The van der Waals surface area contributed by atoms with E-state index in [0.717, 1.165) is 46.6 Å². The lowest BCUT2D eigenvalue weighted by molar-refractivity contribution is -0.223. The molecule has 0 aromatic heterocycles. The number of thioether (sulfide) groups is 1. The number of nitrogens with one attached hydrogen (secondary N) is 1. The van der Waals surface area contributed by atoms with Crippen molar-refractivity contribution in [2.75, 3.05) is 13.7 Å². The van der Waals surface area contributed by atoms with Gasteiger partial charge in [0, 0.05) is 39.5 Å². The Labute approximate surface area is 245 Å². The Hall–Kier alpha value is -3.36. The van der Waals surface area contributed by atoms with E-state index in [1.807, 2.05) is 0 Å². The molecule has 15 heteroatoms. The van der Waals surface area contributed by atoms with E-state index >= 15 is 0 Å². The molecule has 7 atom stereocenters. The van der Waals surface area contributed by atoms with Gasteiger partial charge in [0.2, 0.25) is 5.91 Å². The Morgan fingerprint density at radius 1 is 0.951 bits per heavy atom. The van der Waals surface area contributed by atoms with E-state index in [2.05, 4.69) is 5.32 Å². The first kappa shape index (κ1) is 33.8. The number of amides is 1. The van der Waals surface area contributed by atoms with Gasteiger partial charge in [0.25, 0.3) is 5.06 Å². The van der Waals surface area contributed by atoms with Crippen LogP contribution in [0.15, 0.2) is 35.2 Å². The molecule has 1 saturated heterocycles. The van der Waals surface area contributed by atoms with Crippen LogP contribution in [0.5, 0.6) is 0 Å². The lowest BCUT2D eigenvalue weighted by Crippen LogP contribution is -2.72. The van der Waals surface area contributed by atoms with Crippen LogP contribution in [0.3, 0.4) is 0 Å². The number of hydrogen-bond acceptors (Lipinski definition) is 13. The highest BCUT2D eigenvalue weighted by Crippen LogP contribution is 2.46. The number of carbonyl (C=O) groups excluding carboxylic acids is 6. The smallest absolute Gasteiger partial charge is 0.355 e. The molecule has 1 unspecified atom stereocenters. The van der Waals surface area contributed by atoms with Crippen LogP contribution in [0.1, 0.15) is 34.6 Å². The van der Waals surface area contributed by atoms with Gasteiger partial charge >= 0.3 is 29.8 Å². The van der Waals surface area contributed by atoms with Crippen molar-refractivity contribution in [2.45, 2.75) is 80.3 Å². The first-order valence-corrected chi connectivity index (χ1v) is 13.5. The van der Waals surface area contributed by atoms with Crippen molar-refractivity contribution >= 4 is 59.1 Å². The highest BCUT2D eigenvalue weighted by molar-refractivity contribution is 8.00. The van der Waals surface area contributed by atoms with Crippen LogP contribution in [0.4, 0.5) is 0 Å². The lowest BCUT2D eigenvalue weighted by Gasteiger charge is -2.50. The molecule has 1 amide bonds. The first-order chi connectivity index (χ1) is 19.2. The zero-order valence-corrected chi connectivity index (χ0v) is 24.8. The number of rotatable bonds is 11. The molecule has 0 bridgehead atoms. The third kappa shape index (κ3) is 9.33. The van der Waals surface area contributed by atoms with E-state index in [4.69, 9.17) is 40.0 Å². The van der Waals surface area contributed by atoms with E-state index in [9.17, 15) is 28.8 Å². The Balaban J connectivity index is 2.79. The normalized spacial score (nSPS) is 25.0. The number of benzene rings is 1. The van der Waals surface area contributed by atoms with E-state index in [0.29, 0.717) is 4.90 Å². The molecule has 1 aromatic carbocycles. The van der Waals surface area contributed by atoms with Crippen LogP contribution in [-0.4, -0.2) is 90.2 Å². The fraction of sp³-hybridized carbons (Fsp3) is 0.538. The van der Waals surface area contributed by atoms with Crippen LogP contribution in [-0.2, 0) is 57.2 Å². The third-order valence-corrected chi connectivity index (χ3v) is 7.59. The summed E-state index contributed by atoms with van der Waals surface area (Å²) >= 11 is 7.89. The molecule has 0 aliphatic carbocycles. The molecule has 1 aliphatic rings. The molecule has 226 valence electrons. The van der Waals surface area contributed by atoms with Crippen molar-refractivity contribution in [3.05, 3.63) is 30.3 Å². The molecule has 13 nitrogen and oxygen atoms in total. The van der Waals surface area contributed by atoms with E-state index in [1.165, 1.54) is 6.92 Å². The summed E-state index contributed by atoms with van der Waals surface area (Å²) in [6.45, 7) is 4.89. The molecule has 0 radical (unpaired) electrons. The summed E-state index contributed by atoms with van der Waals surface area (Å²) in [5.74, 6) is -4.98. The summed E-state index contributed by atoms with van der Waals surface area (Å²) in [7, 11) is 1.06. The second-order valence-electron chi connectivity index (χ2n) is 8.90. The zero-order valence-electron chi connectivity index (χ0n) is 23.2. The number of esters is 5. The number of methoxy groups -OCH3 is 1. The maximum absolute atomic E-state index is 13.2. The quantitative estimate of drug-likeness (QED) is 0.215. The van der Waals surface area contributed by atoms with Gasteiger partial charge in [0.1, 0.15) is 24.1 Å². The van der Waals surface area contributed by atoms with Crippen LogP contribution in [0.2, 0.25) is 0 Å². The second-order valence-corrected chi connectivity index (χ2v) is 10.7. The Morgan fingerprint density at radius 2 is 1.56 bits per heavy atom. The average molecular weight is 618 g/mol. The molecule has 1 fully saturated rings. The fourth-order valence-electron chi connectivity index (χ4n) is 4.17. The highest BCUT2D eigenvalue weighted by Gasteiger charge is 2.63. The van der Waals surface area contributed by atoms with Crippen molar-refractivity contribution in [2.24, 2.45) is 0 Å². The molecule has 1 aliphatic heterocycles. The molecule has 1 heterocycles. The van der Waals surface area contributed by atoms with Crippen LogP contribution in [0, 0.1) is 0 Å². The van der Waals surface area contributed by atoms with Crippen LogP contribution >= 0.6 is 23.4 Å². The third-order valence-electron chi connectivity index (χ3n) is 5.58. The van der Waals surface area contributed by atoms with Gasteiger partial charge in [-0.25, -0.2) is 4.79 Å². The number of carbonyl (C=O) groups is 6. The van der Waals surface area contributed by atoms with E-state index < -0.39 is 83.1 Å². The van der Waals surface area contributed by atoms with Gasteiger partial charge in [0.05, 0.1) is 13.2 Å². The Bertz CT molecular complexity index is 1130. The molecule has 1 aromatic rings. The minimum absolute atomic E-state index is 0.594. The van der Waals surface area contributed by atoms with Crippen LogP contribution < -0.4 is 5.32 Å². The maximum Gasteiger partial charge on any atom is 0.355 e. The SMILES string of the molecule is COC(=O)[C@@]1(Cl)OC([C@H](OC(C)=O)[C@@H](COC(C)=O)OC(C)=O)[C@H](NC(C)=O)[C@H](OC(C)=O)[C@@H]1Sc1ccccc1. The number of ether oxygens (including phenoxy) is 6. The van der Waals surface area contributed by atoms with Crippen molar-refractivity contribution in [1.29, 1.82) is 0 Å². The van der Waals surface area contributed by atoms with Crippen molar-refractivity contribution in [3.8, 4) is 0 Å². The standard InChI is InChI=1S/C26H32ClNO12S/c1-13(29)28-20-22(21(38-16(4)32)19(37-15(3)31)12-36-14(2)30)40-26(27,25(34)35-6)24(23(20)39-17(5)33)41-18-10-8-7-9-11-18/h7-11,19-24H,12H2,1-6H3,(H,28,29)/t19-,20+,21-,22?,23+,24+,26+/m1/s1. The Morgan fingerprint density at radius 3 is 2.05 bits per heavy atom. The van der Waals surface area contributed by atoms with Gasteiger partial charge in [-0.2, -0.15) is 0 Å². The van der Waals surface area contributed by atoms with Gasteiger partial charge in [-0.3, -0.25) is 24.0 Å². The van der Waals surface area contributed by atoms with Crippen molar-refractivity contribution in [3.63, 3.8) is 0 Å². The Kier molecular flexibility index (Phi) is 12.4. The number of alkyl halides is 1. The monoisotopic (exact) mass is 617 g/mol. The summed E-state index contributed by atoms with van der Waals surface area (Å²) in [5, 5.41) is -1.03. The molecular weight excluding hydrogens is 586 g/mol. The summed E-state index contributed by atoms with van der Waals surface area (Å²) < 4.78 is 32.5. The summed E-state index contributed by atoms with van der Waals surface area (Å²) in [5.41, 5.74) is 0. The second kappa shape index (κ2) is 15.0. The van der Waals surface area contributed by atoms with Gasteiger partial charge in [-0.1, -0.05) is 29.8 Å². The summed E-state index contributed by atoms with van der Waals surface area (Å²) in [6.07, 6.45) is -6.16. The van der Waals surface area contributed by atoms with Crippen molar-refractivity contribution < 1.29 is 57.2 Å². The number of hydrogen-bond donors (Lipinski definition) is 1. The van der Waals surface area contributed by atoms with E-state index in [-0.39, 0.29) is 0 Å². The van der Waals surface area contributed by atoms with Gasteiger partial charge in [-0.15, -0.1) is 11.8 Å². The summed E-state index contributed by atoms with van der Waals surface area (Å²) in [6, 6.07) is 7.29. The predicted molar refractivity (Wildman–Crippen MR) is 142 cm³/mol. The largest absolute Gasteiger partial charge is 0.466 e. The molecular formula is C26H32ClNO12S. The number of halogens is 1. The summed E-state index contributed by atoms with van der Waals surface area (Å²) in [4.78, 5) is 74.4. The van der Waals surface area contributed by atoms with Gasteiger partial charge < -0.3 is 33.7 Å². The minimum Gasteiger partial charge on any atom is -0.466 e. The fourth-order valence-corrected chi connectivity index (χ4v) is 5.88. The van der Waals surface area contributed by atoms with Crippen LogP contribution in [0.25, 0.3) is 0 Å². The minimum atomic E-state index is -2.41. The first-order valence-electron chi connectivity index (χ1n) is 12.3. The topological polar surface area (TPSA) is 170 Å². The maximum atomic E-state index is 13.2. The predicted octanol–water partition coefficient (Wildman–Crippen LogP) is 1.52. The zero-order chi connectivity index (χ0) is 30.9. The molecule has 2 rings (SSSR count). The molecule has 1 N–H and O–H groups in total. The van der Waals surface area contributed by atoms with Gasteiger partial charge in [-0.05, 0) is 12.1 Å². The lowest BCUT2D eigenvalue weighted by atomic mass is 9.88. The molecule has 0 saturated carbocycles. The van der Waals surface area contributed by atoms with Crippen molar-refractivity contribution in [1.82, 2.24) is 5.32 Å².